The Bertz CT molecular complexity index is 619. The Morgan fingerprint density at radius 3 is 3.17 bits per heavy atom. The van der Waals surface area contributed by atoms with E-state index in [9.17, 15) is 4.79 Å². The molecule has 90 valence electrons. The van der Waals surface area contributed by atoms with Crippen molar-refractivity contribution in [3.8, 4) is 6.07 Å². The maximum Gasteiger partial charge on any atom is 0.309 e. The highest BCUT2D eigenvalue weighted by Crippen LogP contribution is 2.30. The van der Waals surface area contributed by atoms with Gasteiger partial charge in [-0.25, -0.2) is 9.97 Å². The van der Waals surface area contributed by atoms with Crippen molar-refractivity contribution in [2.45, 2.75) is 15.7 Å². The lowest BCUT2D eigenvalue weighted by Crippen LogP contribution is -1.99. The number of carboxylic acid groups (broad SMARTS) is 1. The van der Waals surface area contributed by atoms with Crippen LogP contribution in [-0.4, -0.2) is 21.0 Å². The van der Waals surface area contributed by atoms with E-state index >= 15 is 0 Å². The van der Waals surface area contributed by atoms with Crippen molar-refractivity contribution >= 4 is 29.1 Å². The first-order valence-corrected chi connectivity index (χ1v) is 6.57. The number of carbonyl (C=O) groups is 1. The average Bonchev–Trinajstić information content (AvgIpc) is 2.76. The Morgan fingerprint density at radius 1 is 1.61 bits per heavy atom. The van der Waals surface area contributed by atoms with Crippen molar-refractivity contribution in [1.29, 1.82) is 5.26 Å². The van der Waals surface area contributed by atoms with Crippen molar-refractivity contribution in [1.82, 2.24) is 9.97 Å². The number of aliphatic carboxylic acids is 1. The maximum atomic E-state index is 10.5. The van der Waals surface area contributed by atoms with Gasteiger partial charge in [-0.1, -0.05) is 11.8 Å². The van der Waals surface area contributed by atoms with Crippen molar-refractivity contribution in [3.05, 3.63) is 35.1 Å². The predicted octanol–water partition coefficient (Wildman–Crippen LogP) is 2.19. The molecule has 0 amide bonds. The van der Waals surface area contributed by atoms with Crippen LogP contribution >= 0.6 is 23.1 Å². The van der Waals surface area contributed by atoms with Crippen LogP contribution in [0.15, 0.2) is 32.9 Å². The highest BCUT2D eigenvalue weighted by Gasteiger charge is 2.07. The van der Waals surface area contributed by atoms with E-state index in [0.29, 0.717) is 11.4 Å². The van der Waals surface area contributed by atoms with E-state index in [4.69, 9.17) is 10.4 Å². The molecule has 0 fully saturated rings. The van der Waals surface area contributed by atoms with Crippen LogP contribution in [0.4, 0.5) is 0 Å². The largest absolute Gasteiger partial charge is 0.481 e. The zero-order valence-corrected chi connectivity index (χ0v) is 10.7. The summed E-state index contributed by atoms with van der Waals surface area (Å²) in [6, 6.07) is 5.42. The molecule has 2 aromatic heterocycles. The number of rotatable bonds is 4. The van der Waals surface area contributed by atoms with Crippen LogP contribution in [0.3, 0.4) is 0 Å². The van der Waals surface area contributed by atoms with Gasteiger partial charge in [0.15, 0.2) is 4.34 Å². The minimum Gasteiger partial charge on any atom is -0.481 e. The molecule has 18 heavy (non-hydrogen) atoms. The van der Waals surface area contributed by atoms with E-state index in [1.54, 1.807) is 23.7 Å². The molecular weight excluding hydrogens is 270 g/mol. The van der Waals surface area contributed by atoms with Gasteiger partial charge in [0.1, 0.15) is 11.8 Å². The summed E-state index contributed by atoms with van der Waals surface area (Å²) in [4.78, 5) is 19.5. The van der Waals surface area contributed by atoms with Crippen LogP contribution in [-0.2, 0) is 11.2 Å². The Hall–Kier alpha value is -1.91. The van der Waals surface area contributed by atoms with Crippen LogP contribution in [0.2, 0.25) is 0 Å². The first-order valence-electron chi connectivity index (χ1n) is 4.87. The third-order valence-corrected chi connectivity index (χ3v) is 3.89. The SMILES string of the molecule is N#Cc1cc(Sc2nc(CC(=O)O)cs2)ccn1. The first kappa shape index (κ1) is 12.5. The van der Waals surface area contributed by atoms with E-state index in [-0.39, 0.29) is 6.42 Å². The molecule has 7 heteroatoms. The topological polar surface area (TPSA) is 86.9 Å². The van der Waals surface area contributed by atoms with Gasteiger partial charge in [0, 0.05) is 16.5 Å². The molecule has 2 aromatic rings. The van der Waals surface area contributed by atoms with Gasteiger partial charge < -0.3 is 5.11 Å². The quantitative estimate of drug-likeness (QED) is 0.921. The van der Waals surface area contributed by atoms with Gasteiger partial charge >= 0.3 is 5.97 Å². The van der Waals surface area contributed by atoms with Gasteiger partial charge in [0.2, 0.25) is 0 Å². The van der Waals surface area contributed by atoms with Gasteiger partial charge in [-0.15, -0.1) is 11.3 Å². The van der Waals surface area contributed by atoms with Crippen LogP contribution < -0.4 is 0 Å². The molecule has 0 atom stereocenters. The summed E-state index contributed by atoms with van der Waals surface area (Å²) in [5, 5.41) is 19.1. The molecule has 0 saturated heterocycles. The maximum absolute atomic E-state index is 10.5. The number of hydrogen-bond acceptors (Lipinski definition) is 6. The van der Waals surface area contributed by atoms with Crippen molar-refractivity contribution in [3.63, 3.8) is 0 Å². The Kier molecular flexibility index (Phi) is 3.92. The minimum absolute atomic E-state index is 0.0726. The van der Waals surface area contributed by atoms with E-state index in [1.807, 2.05) is 6.07 Å². The molecule has 0 unspecified atom stereocenters. The summed E-state index contributed by atoms with van der Waals surface area (Å²) in [5.41, 5.74) is 0.895. The molecular formula is C11H7N3O2S2. The highest BCUT2D eigenvalue weighted by atomic mass is 32.2. The molecule has 5 nitrogen and oxygen atoms in total. The normalized spacial score (nSPS) is 9.94. The van der Waals surface area contributed by atoms with Crippen molar-refractivity contribution in [2.75, 3.05) is 0 Å². The molecule has 0 aliphatic carbocycles. The third-order valence-electron chi connectivity index (χ3n) is 1.91. The predicted molar refractivity (Wildman–Crippen MR) is 66.5 cm³/mol. The van der Waals surface area contributed by atoms with Crippen LogP contribution in [0, 0.1) is 11.3 Å². The number of nitrogens with zero attached hydrogens (tertiary/aromatic N) is 3. The van der Waals surface area contributed by atoms with E-state index in [2.05, 4.69) is 9.97 Å². The molecule has 0 bridgehead atoms. The van der Waals surface area contributed by atoms with Crippen LogP contribution in [0.25, 0.3) is 0 Å². The van der Waals surface area contributed by atoms with Gasteiger partial charge in [-0.3, -0.25) is 4.79 Å². The summed E-state index contributed by atoms with van der Waals surface area (Å²) in [7, 11) is 0. The zero-order chi connectivity index (χ0) is 13.0. The highest BCUT2D eigenvalue weighted by molar-refractivity contribution is 8.01. The second-order valence-corrected chi connectivity index (χ2v) is 5.44. The molecule has 0 spiro atoms. The molecule has 0 aromatic carbocycles. The van der Waals surface area contributed by atoms with Gasteiger partial charge in [-0.2, -0.15) is 5.26 Å². The third kappa shape index (κ3) is 3.29. The number of hydrogen-bond donors (Lipinski definition) is 1. The van der Waals surface area contributed by atoms with E-state index in [0.717, 1.165) is 9.24 Å². The number of nitriles is 1. The molecule has 2 rings (SSSR count). The van der Waals surface area contributed by atoms with E-state index in [1.165, 1.54) is 23.1 Å². The molecule has 0 radical (unpaired) electrons. The van der Waals surface area contributed by atoms with Gasteiger partial charge in [0.05, 0.1) is 12.1 Å². The fourth-order valence-electron chi connectivity index (χ4n) is 1.21. The van der Waals surface area contributed by atoms with E-state index < -0.39 is 5.97 Å². The summed E-state index contributed by atoms with van der Waals surface area (Å²) in [6.07, 6.45) is 1.49. The fourth-order valence-corrected chi connectivity index (χ4v) is 3.04. The Morgan fingerprint density at radius 2 is 2.44 bits per heavy atom. The summed E-state index contributed by atoms with van der Waals surface area (Å²) < 4.78 is 0.751. The van der Waals surface area contributed by atoms with Crippen LogP contribution in [0.5, 0.6) is 0 Å². The fraction of sp³-hybridized carbons (Fsp3) is 0.0909. The first-order chi connectivity index (χ1) is 8.67. The Labute approximate surface area is 111 Å². The van der Waals surface area contributed by atoms with Gasteiger partial charge in [0.25, 0.3) is 0 Å². The standard InChI is InChI=1S/C11H7N3O2S2/c12-5-7-3-9(1-2-13-7)18-11-14-8(6-17-11)4-10(15)16/h1-3,6H,4H2,(H,15,16). The number of carboxylic acids is 1. The lowest BCUT2D eigenvalue weighted by Gasteiger charge is -1.96. The summed E-state index contributed by atoms with van der Waals surface area (Å²) in [5.74, 6) is -0.896. The number of thiazole rings is 1. The van der Waals surface area contributed by atoms with Crippen molar-refractivity contribution < 1.29 is 9.90 Å². The lowest BCUT2D eigenvalue weighted by molar-refractivity contribution is -0.136. The van der Waals surface area contributed by atoms with Crippen LogP contribution in [0.1, 0.15) is 11.4 Å². The lowest BCUT2D eigenvalue weighted by atomic mass is 10.3. The average molecular weight is 277 g/mol. The van der Waals surface area contributed by atoms with Gasteiger partial charge in [-0.05, 0) is 12.1 Å². The molecule has 0 aliphatic heterocycles. The number of aromatic nitrogens is 2. The zero-order valence-electron chi connectivity index (χ0n) is 9.03. The summed E-state index contributed by atoms with van der Waals surface area (Å²) >= 11 is 2.77. The molecule has 0 saturated carbocycles. The summed E-state index contributed by atoms with van der Waals surface area (Å²) in [6.45, 7) is 0. The molecule has 1 N–H and O–H groups in total. The minimum atomic E-state index is -0.896. The second kappa shape index (κ2) is 5.62. The Balaban J connectivity index is 2.11. The molecule has 0 aliphatic rings. The molecule has 2 heterocycles. The number of pyridine rings is 1. The second-order valence-electron chi connectivity index (χ2n) is 3.27. The van der Waals surface area contributed by atoms with Crippen molar-refractivity contribution in [2.24, 2.45) is 0 Å². The monoisotopic (exact) mass is 277 g/mol. The smallest absolute Gasteiger partial charge is 0.309 e.